The number of nitrogens with one attached hydrogen (secondary N) is 1. The van der Waals surface area contributed by atoms with Crippen molar-refractivity contribution in [3.63, 3.8) is 0 Å². The zero-order chi connectivity index (χ0) is 15.6. The summed E-state index contributed by atoms with van der Waals surface area (Å²) in [6.45, 7) is 7.63. The highest BCUT2D eigenvalue weighted by molar-refractivity contribution is 5.96. The molecule has 0 bridgehead atoms. The molecule has 0 spiro atoms. The minimum Gasteiger partial charge on any atom is -0.349 e. The van der Waals surface area contributed by atoms with Crippen LogP contribution in [0.3, 0.4) is 0 Å². The fourth-order valence-electron chi connectivity index (χ4n) is 2.20. The molecule has 21 heavy (non-hydrogen) atoms. The molecule has 0 fully saturated rings. The third-order valence-electron chi connectivity index (χ3n) is 3.58. The Kier molecular flexibility index (Phi) is 4.40. The first-order chi connectivity index (χ1) is 9.93. The van der Waals surface area contributed by atoms with E-state index in [1.165, 1.54) is 12.1 Å². The van der Waals surface area contributed by atoms with E-state index in [4.69, 9.17) is 0 Å². The fraction of sp³-hybridized carbons (Fsp3) is 0.375. The molecule has 0 unspecified atom stereocenters. The summed E-state index contributed by atoms with van der Waals surface area (Å²) in [5, 5.41) is 7.35. The second kappa shape index (κ2) is 6.08. The number of hydrogen-bond acceptors (Lipinski definition) is 2. The molecule has 1 aromatic heterocycles. The first-order valence-corrected chi connectivity index (χ1v) is 7.07. The molecular weight excluding hydrogens is 269 g/mol. The van der Waals surface area contributed by atoms with Gasteiger partial charge in [0.15, 0.2) is 0 Å². The van der Waals surface area contributed by atoms with Gasteiger partial charge in [-0.2, -0.15) is 5.10 Å². The summed E-state index contributed by atoms with van der Waals surface area (Å²) in [4.78, 5) is 12.3. The lowest BCUT2D eigenvalue weighted by Crippen LogP contribution is -2.32. The minimum atomic E-state index is -0.296. The minimum absolute atomic E-state index is 0.116. The largest absolute Gasteiger partial charge is 0.349 e. The van der Waals surface area contributed by atoms with Gasteiger partial charge in [-0.1, -0.05) is 6.92 Å². The van der Waals surface area contributed by atoms with Gasteiger partial charge in [0.2, 0.25) is 0 Å². The summed E-state index contributed by atoms with van der Waals surface area (Å²) >= 11 is 0. The van der Waals surface area contributed by atoms with Gasteiger partial charge in [0.25, 0.3) is 5.91 Å². The predicted octanol–water partition coefficient (Wildman–Crippen LogP) is 3.16. The molecule has 1 N–H and O–H groups in total. The van der Waals surface area contributed by atoms with E-state index in [1.54, 1.807) is 23.7 Å². The Hall–Kier alpha value is -2.17. The number of carbonyl (C=O) groups is 1. The Bertz CT molecular complexity index is 646. The number of carbonyl (C=O) groups excluding carboxylic acids is 1. The van der Waals surface area contributed by atoms with Crippen LogP contribution in [0.15, 0.2) is 24.3 Å². The van der Waals surface area contributed by atoms with E-state index in [-0.39, 0.29) is 17.8 Å². The van der Waals surface area contributed by atoms with Gasteiger partial charge in [0.05, 0.1) is 22.6 Å². The Labute approximate surface area is 124 Å². The Morgan fingerprint density at radius 1 is 1.33 bits per heavy atom. The van der Waals surface area contributed by atoms with Crippen LogP contribution >= 0.6 is 0 Å². The molecule has 4 nitrogen and oxygen atoms in total. The van der Waals surface area contributed by atoms with Crippen LogP contribution in [0.1, 0.15) is 42.0 Å². The number of aromatic nitrogens is 2. The van der Waals surface area contributed by atoms with E-state index in [1.807, 2.05) is 20.8 Å². The first kappa shape index (κ1) is 15.2. The summed E-state index contributed by atoms with van der Waals surface area (Å²) in [7, 11) is 0. The normalized spacial score (nSPS) is 12.2. The average molecular weight is 289 g/mol. The van der Waals surface area contributed by atoms with Crippen LogP contribution in [-0.2, 0) is 0 Å². The molecule has 0 aliphatic rings. The molecule has 2 aromatic rings. The molecule has 1 atom stereocenters. The van der Waals surface area contributed by atoms with E-state index < -0.39 is 0 Å². The monoisotopic (exact) mass is 289 g/mol. The molecule has 112 valence electrons. The van der Waals surface area contributed by atoms with Crippen molar-refractivity contribution in [3.8, 4) is 5.69 Å². The average Bonchev–Trinajstić information content (AvgIpc) is 2.74. The standard InChI is InChI=1S/C16H20FN3O/c1-5-10(2)18-16(21)15-11(3)19-20(12(15)4)14-8-6-13(17)7-9-14/h6-10H,5H2,1-4H3,(H,18,21)/t10-/m1/s1. The number of halogens is 1. The Balaban J connectivity index is 2.37. The molecule has 5 heteroatoms. The molecule has 0 saturated carbocycles. The lowest BCUT2D eigenvalue weighted by Gasteiger charge is -2.11. The molecule has 0 radical (unpaired) electrons. The third-order valence-corrected chi connectivity index (χ3v) is 3.58. The summed E-state index contributed by atoms with van der Waals surface area (Å²) in [5.41, 5.74) is 2.73. The first-order valence-electron chi connectivity index (χ1n) is 7.07. The Morgan fingerprint density at radius 3 is 2.52 bits per heavy atom. The number of benzene rings is 1. The van der Waals surface area contributed by atoms with Crippen LogP contribution in [0.4, 0.5) is 4.39 Å². The number of aryl methyl sites for hydroxylation is 1. The van der Waals surface area contributed by atoms with Gasteiger partial charge in [0, 0.05) is 6.04 Å². The smallest absolute Gasteiger partial charge is 0.255 e. The highest BCUT2D eigenvalue weighted by Gasteiger charge is 2.20. The maximum absolute atomic E-state index is 13.0. The number of hydrogen-bond donors (Lipinski definition) is 1. The van der Waals surface area contributed by atoms with Crippen LogP contribution < -0.4 is 5.32 Å². The van der Waals surface area contributed by atoms with Gasteiger partial charge in [0.1, 0.15) is 5.82 Å². The number of amides is 1. The van der Waals surface area contributed by atoms with Gasteiger partial charge in [-0.05, 0) is 51.5 Å². The van der Waals surface area contributed by atoms with Crippen molar-refractivity contribution in [1.82, 2.24) is 15.1 Å². The van der Waals surface area contributed by atoms with Gasteiger partial charge in [-0.3, -0.25) is 4.79 Å². The lowest BCUT2D eigenvalue weighted by molar-refractivity contribution is 0.0938. The van der Waals surface area contributed by atoms with Gasteiger partial charge in [-0.25, -0.2) is 9.07 Å². The van der Waals surface area contributed by atoms with Crippen molar-refractivity contribution in [2.45, 2.75) is 40.2 Å². The van der Waals surface area contributed by atoms with Crippen molar-refractivity contribution in [3.05, 3.63) is 47.0 Å². The van der Waals surface area contributed by atoms with Gasteiger partial charge < -0.3 is 5.32 Å². The van der Waals surface area contributed by atoms with Crippen LogP contribution in [0.25, 0.3) is 5.69 Å². The molecule has 2 rings (SSSR count). The zero-order valence-electron chi connectivity index (χ0n) is 12.8. The number of nitrogens with zero attached hydrogens (tertiary/aromatic N) is 2. The summed E-state index contributed by atoms with van der Waals surface area (Å²) in [6, 6.07) is 6.16. The maximum atomic E-state index is 13.0. The SMILES string of the molecule is CC[C@@H](C)NC(=O)c1c(C)nn(-c2ccc(F)cc2)c1C. The van der Waals surface area contributed by atoms with Crippen molar-refractivity contribution in [2.24, 2.45) is 0 Å². The van der Waals surface area contributed by atoms with Gasteiger partial charge >= 0.3 is 0 Å². The number of rotatable bonds is 4. The third kappa shape index (κ3) is 3.12. The van der Waals surface area contributed by atoms with E-state index in [0.29, 0.717) is 11.3 Å². The molecule has 0 saturated heterocycles. The lowest BCUT2D eigenvalue weighted by atomic mass is 10.1. The van der Waals surface area contributed by atoms with Crippen molar-refractivity contribution in [1.29, 1.82) is 0 Å². The van der Waals surface area contributed by atoms with Gasteiger partial charge in [-0.15, -0.1) is 0 Å². The maximum Gasteiger partial charge on any atom is 0.255 e. The van der Waals surface area contributed by atoms with Crippen LogP contribution in [0.2, 0.25) is 0 Å². The van der Waals surface area contributed by atoms with E-state index in [9.17, 15) is 9.18 Å². The summed E-state index contributed by atoms with van der Waals surface area (Å²) in [6.07, 6.45) is 0.871. The second-order valence-electron chi connectivity index (χ2n) is 5.22. The molecule has 1 amide bonds. The van der Waals surface area contributed by atoms with E-state index >= 15 is 0 Å². The molecule has 0 aliphatic carbocycles. The molecule has 1 aromatic carbocycles. The molecule has 0 aliphatic heterocycles. The van der Waals surface area contributed by atoms with Crippen molar-refractivity contribution < 1.29 is 9.18 Å². The van der Waals surface area contributed by atoms with Crippen LogP contribution in [0, 0.1) is 19.7 Å². The second-order valence-corrected chi connectivity index (χ2v) is 5.22. The summed E-state index contributed by atoms with van der Waals surface area (Å²) < 4.78 is 14.7. The zero-order valence-corrected chi connectivity index (χ0v) is 12.8. The highest BCUT2D eigenvalue weighted by Crippen LogP contribution is 2.18. The van der Waals surface area contributed by atoms with Crippen LogP contribution in [-0.4, -0.2) is 21.7 Å². The fourth-order valence-corrected chi connectivity index (χ4v) is 2.20. The Morgan fingerprint density at radius 2 is 1.95 bits per heavy atom. The quantitative estimate of drug-likeness (QED) is 0.939. The predicted molar refractivity (Wildman–Crippen MR) is 80.2 cm³/mol. The topological polar surface area (TPSA) is 46.9 Å². The molecule has 1 heterocycles. The van der Waals surface area contributed by atoms with E-state index in [0.717, 1.165) is 17.8 Å². The summed E-state index contributed by atoms with van der Waals surface area (Å²) in [5.74, 6) is -0.414. The van der Waals surface area contributed by atoms with Crippen molar-refractivity contribution >= 4 is 5.91 Å². The van der Waals surface area contributed by atoms with Crippen LogP contribution in [0.5, 0.6) is 0 Å². The highest BCUT2D eigenvalue weighted by atomic mass is 19.1. The van der Waals surface area contributed by atoms with E-state index in [2.05, 4.69) is 10.4 Å². The van der Waals surface area contributed by atoms with Crippen molar-refractivity contribution in [2.75, 3.05) is 0 Å². The molecular formula is C16H20FN3O.